The Morgan fingerprint density at radius 1 is 1.38 bits per heavy atom. The summed E-state index contributed by atoms with van der Waals surface area (Å²) >= 11 is 0. The number of halogens is 3. The van der Waals surface area contributed by atoms with Gasteiger partial charge in [-0.15, -0.1) is 0 Å². The number of hydrogen-bond donors (Lipinski definition) is 1. The van der Waals surface area contributed by atoms with Crippen molar-refractivity contribution >= 4 is 11.9 Å². The lowest BCUT2D eigenvalue weighted by molar-refractivity contribution is -0.155. The molecule has 0 aliphatic carbocycles. The van der Waals surface area contributed by atoms with Crippen molar-refractivity contribution in [3.8, 4) is 0 Å². The van der Waals surface area contributed by atoms with Crippen LogP contribution in [0.4, 0.5) is 13.2 Å². The highest BCUT2D eigenvalue weighted by molar-refractivity contribution is 5.82. The van der Waals surface area contributed by atoms with Crippen LogP contribution in [-0.4, -0.2) is 42.1 Å². The fraction of sp³-hybridized carbons (Fsp3) is 0.500. The minimum atomic E-state index is -4.63. The molecule has 8 heteroatoms. The number of likely N-dealkylation sites (tertiary alicyclic amines) is 1. The number of carboxylic acid groups (broad SMARTS) is 1. The third kappa shape index (κ3) is 3.69. The number of nitrogens with zero attached hydrogens (tertiary/aromatic N) is 1. The van der Waals surface area contributed by atoms with Crippen molar-refractivity contribution in [1.82, 2.24) is 4.90 Å². The lowest BCUT2D eigenvalue weighted by Crippen LogP contribution is -2.47. The lowest BCUT2D eigenvalue weighted by atomic mass is 9.82. The number of benzene rings is 1. The van der Waals surface area contributed by atoms with Gasteiger partial charge in [0.1, 0.15) is 0 Å². The van der Waals surface area contributed by atoms with Crippen LogP contribution in [0.1, 0.15) is 30.0 Å². The number of amides is 1. The fourth-order valence-corrected chi connectivity index (χ4v) is 3.06. The average Bonchev–Trinajstić information content (AvgIpc) is 2.52. The molecular formula is C16H18F3NO4. The largest absolute Gasteiger partial charge is 0.481 e. The van der Waals surface area contributed by atoms with E-state index in [-0.39, 0.29) is 37.5 Å². The summed E-state index contributed by atoms with van der Waals surface area (Å²) in [5.41, 5.74) is -1.11. The molecule has 2 rings (SSSR count). The first-order valence-electron chi connectivity index (χ1n) is 7.44. The predicted octanol–water partition coefficient (Wildman–Crippen LogP) is 2.72. The van der Waals surface area contributed by atoms with Gasteiger partial charge in [0, 0.05) is 20.1 Å². The Bertz CT molecular complexity index is 618. The van der Waals surface area contributed by atoms with E-state index in [4.69, 9.17) is 4.74 Å². The van der Waals surface area contributed by atoms with Crippen molar-refractivity contribution < 1.29 is 32.6 Å². The fourth-order valence-electron chi connectivity index (χ4n) is 3.06. The van der Waals surface area contributed by atoms with Crippen LogP contribution in [0.25, 0.3) is 0 Å². The molecule has 1 aromatic rings. The first kappa shape index (κ1) is 18.3. The Kier molecular flexibility index (Phi) is 5.48. The normalized spacial score (nSPS) is 21.8. The molecule has 0 saturated carbocycles. The van der Waals surface area contributed by atoms with E-state index >= 15 is 0 Å². The van der Waals surface area contributed by atoms with Crippen molar-refractivity contribution in [1.29, 1.82) is 0 Å². The maximum atomic E-state index is 13.3. The molecule has 1 amide bonds. The van der Waals surface area contributed by atoms with Crippen LogP contribution in [0.5, 0.6) is 0 Å². The number of ether oxygens (including phenoxy) is 1. The molecule has 24 heavy (non-hydrogen) atoms. The van der Waals surface area contributed by atoms with Gasteiger partial charge in [-0.2, -0.15) is 13.2 Å². The summed E-state index contributed by atoms with van der Waals surface area (Å²) in [5, 5.41) is 9.44. The first-order valence-corrected chi connectivity index (χ1v) is 7.44. The Hall–Kier alpha value is -2.09. The molecule has 1 aromatic carbocycles. The van der Waals surface area contributed by atoms with E-state index in [2.05, 4.69) is 0 Å². The Morgan fingerprint density at radius 2 is 2.04 bits per heavy atom. The molecule has 1 fully saturated rings. The van der Waals surface area contributed by atoms with E-state index in [1.54, 1.807) is 0 Å². The van der Waals surface area contributed by atoms with Crippen LogP contribution in [0.15, 0.2) is 24.3 Å². The smallest absolute Gasteiger partial charge is 0.416 e. The van der Waals surface area contributed by atoms with Gasteiger partial charge >= 0.3 is 12.1 Å². The maximum Gasteiger partial charge on any atom is 0.416 e. The molecule has 2 atom stereocenters. The van der Waals surface area contributed by atoms with Crippen molar-refractivity contribution in [2.45, 2.75) is 25.1 Å². The molecule has 0 unspecified atom stereocenters. The molecule has 0 bridgehead atoms. The Balaban J connectivity index is 2.54. The number of piperidine rings is 1. The summed E-state index contributed by atoms with van der Waals surface area (Å²) in [4.78, 5) is 25.0. The molecule has 0 radical (unpaired) electrons. The third-order valence-corrected chi connectivity index (χ3v) is 4.14. The van der Waals surface area contributed by atoms with E-state index in [0.29, 0.717) is 0 Å². The highest BCUT2D eigenvalue weighted by Gasteiger charge is 2.44. The van der Waals surface area contributed by atoms with Gasteiger partial charge in [-0.05, 0) is 18.1 Å². The Labute approximate surface area is 137 Å². The standard InChI is InChI=1S/C16H18F3NO4/c1-24-9-8-20-13(21)7-6-11(15(22)23)14(20)10-4-2-3-5-12(10)16(17,18)19/h2-5,11,14H,6-9H2,1H3,(H,22,23)/t11-,14+/m0/s1. The molecule has 132 valence electrons. The lowest BCUT2D eigenvalue weighted by Gasteiger charge is -2.40. The summed E-state index contributed by atoms with van der Waals surface area (Å²) in [7, 11) is 1.40. The number of alkyl halides is 3. The molecule has 1 saturated heterocycles. The second kappa shape index (κ2) is 7.21. The molecule has 1 heterocycles. The highest BCUT2D eigenvalue weighted by Crippen LogP contribution is 2.42. The average molecular weight is 345 g/mol. The van der Waals surface area contributed by atoms with Crippen molar-refractivity contribution in [3.63, 3.8) is 0 Å². The van der Waals surface area contributed by atoms with E-state index < -0.39 is 29.7 Å². The molecule has 0 spiro atoms. The number of carbonyl (C=O) groups excluding carboxylic acids is 1. The van der Waals surface area contributed by atoms with Crippen LogP contribution in [0, 0.1) is 5.92 Å². The minimum absolute atomic E-state index is 0.00844. The van der Waals surface area contributed by atoms with E-state index in [1.807, 2.05) is 0 Å². The topological polar surface area (TPSA) is 66.8 Å². The quantitative estimate of drug-likeness (QED) is 0.891. The molecule has 5 nitrogen and oxygen atoms in total. The second-order valence-corrected chi connectivity index (χ2v) is 5.59. The molecule has 0 aromatic heterocycles. The van der Waals surface area contributed by atoms with Gasteiger partial charge in [0.25, 0.3) is 0 Å². The van der Waals surface area contributed by atoms with Gasteiger partial charge in [0.05, 0.1) is 24.1 Å². The van der Waals surface area contributed by atoms with Gasteiger partial charge in [-0.1, -0.05) is 18.2 Å². The monoisotopic (exact) mass is 345 g/mol. The summed E-state index contributed by atoms with van der Waals surface area (Å²) in [5.74, 6) is -2.68. The maximum absolute atomic E-state index is 13.3. The first-order chi connectivity index (χ1) is 11.3. The van der Waals surface area contributed by atoms with E-state index in [0.717, 1.165) is 6.07 Å². The summed E-state index contributed by atoms with van der Waals surface area (Å²) < 4.78 is 44.9. The van der Waals surface area contributed by atoms with Crippen molar-refractivity contribution in [2.75, 3.05) is 20.3 Å². The third-order valence-electron chi connectivity index (χ3n) is 4.14. The van der Waals surface area contributed by atoms with Gasteiger partial charge in [0.2, 0.25) is 5.91 Å². The van der Waals surface area contributed by atoms with Crippen LogP contribution in [0.3, 0.4) is 0 Å². The zero-order valence-electron chi connectivity index (χ0n) is 13.0. The van der Waals surface area contributed by atoms with Crippen LogP contribution in [-0.2, 0) is 20.5 Å². The number of carbonyl (C=O) groups is 2. The van der Waals surface area contributed by atoms with Crippen LogP contribution >= 0.6 is 0 Å². The number of hydrogen-bond acceptors (Lipinski definition) is 3. The highest BCUT2D eigenvalue weighted by atomic mass is 19.4. The number of aliphatic carboxylic acids is 1. The SMILES string of the molecule is COCCN1C(=O)CC[C@H](C(=O)O)[C@H]1c1ccccc1C(F)(F)F. The number of rotatable bonds is 5. The molecule has 1 N–H and O–H groups in total. The summed E-state index contributed by atoms with van der Waals surface area (Å²) in [6, 6.07) is 3.63. The predicted molar refractivity (Wildman–Crippen MR) is 78.1 cm³/mol. The van der Waals surface area contributed by atoms with Crippen LogP contribution < -0.4 is 0 Å². The minimum Gasteiger partial charge on any atom is -0.481 e. The number of carboxylic acids is 1. The zero-order chi connectivity index (χ0) is 17.9. The van der Waals surface area contributed by atoms with Gasteiger partial charge in [-0.25, -0.2) is 0 Å². The Morgan fingerprint density at radius 3 is 2.62 bits per heavy atom. The van der Waals surface area contributed by atoms with Crippen LogP contribution in [0.2, 0.25) is 0 Å². The van der Waals surface area contributed by atoms with Crippen molar-refractivity contribution in [2.24, 2.45) is 5.92 Å². The molecule has 1 aliphatic rings. The van der Waals surface area contributed by atoms with Gasteiger partial charge in [-0.3, -0.25) is 9.59 Å². The summed E-state index contributed by atoms with van der Waals surface area (Å²) in [6.07, 6.45) is -4.63. The molecular weight excluding hydrogens is 327 g/mol. The van der Waals surface area contributed by atoms with E-state index in [9.17, 15) is 27.9 Å². The molecule has 1 aliphatic heterocycles. The van der Waals surface area contributed by atoms with Gasteiger partial charge < -0.3 is 14.7 Å². The van der Waals surface area contributed by atoms with Gasteiger partial charge in [0.15, 0.2) is 0 Å². The zero-order valence-corrected chi connectivity index (χ0v) is 13.0. The second-order valence-electron chi connectivity index (χ2n) is 5.59. The van der Waals surface area contributed by atoms with E-state index in [1.165, 1.54) is 30.2 Å². The summed E-state index contributed by atoms with van der Waals surface area (Å²) in [6.45, 7) is 0.152. The number of methoxy groups -OCH3 is 1. The van der Waals surface area contributed by atoms with Crippen molar-refractivity contribution in [3.05, 3.63) is 35.4 Å².